The second-order valence-electron chi connectivity index (χ2n) is 7.19. The van der Waals surface area contributed by atoms with Crippen molar-refractivity contribution >= 4 is 30.9 Å². The fraction of sp³-hybridized carbons (Fsp3) is 0.588. The van der Waals surface area contributed by atoms with Gasteiger partial charge in [0, 0.05) is 32.0 Å². The third kappa shape index (κ3) is 4.70. The van der Waals surface area contributed by atoms with Crippen LogP contribution in [0.5, 0.6) is 0 Å². The minimum atomic E-state index is -4.26. The maximum Gasteiger partial charge on any atom is 0.567 e. The van der Waals surface area contributed by atoms with Gasteiger partial charge in [-0.3, -0.25) is 15.4 Å². The zero-order chi connectivity index (χ0) is 22.1. The molecule has 0 radical (unpaired) electrons. The molecule has 2 aliphatic rings. The van der Waals surface area contributed by atoms with Crippen LogP contribution in [-0.2, 0) is 9.26 Å². The number of hydrogen-bond acceptors (Lipinski definition) is 10. The van der Waals surface area contributed by atoms with E-state index in [1.165, 1.54) is 6.33 Å². The van der Waals surface area contributed by atoms with Crippen molar-refractivity contribution < 1.29 is 29.0 Å². The highest BCUT2D eigenvalue weighted by Crippen LogP contribution is 2.46. The van der Waals surface area contributed by atoms with Gasteiger partial charge in [-0.05, 0) is 26.7 Å². The van der Waals surface area contributed by atoms with Crippen molar-refractivity contribution in [2.75, 3.05) is 25.8 Å². The number of ether oxygens (including phenoxy) is 1. The van der Waals surface area contributed by atoms with Gasteiger partial charge in [-0.2, -0.15) is 19.2 Å². The molecule has 13 heteroatoms. The molecule has 0 saturated carbocycles. The molecule has 2 atom stereocenters. The standard InChI is InChI=1S/C16H24N6O5P.CH4O/c1-9(2)19-14-11-6-22(12-5-4-10(27-12)7-26-28(23,24)25)16-13(11)15(17-8-18-16)21(3)20-14;1-2/h6,8-10,12,23-25H,4-5,7H2,1-3H3,(H,19,20);2H,1H3/q+1;. The van der Waals surface area contributed by atoms with Crippen molar-refractivity contribution in [1.82, 2.24) is 20.0 Å². The average molecular weight is 443 g/mol. The molecule has 5 N–H and O–H groups in total. The van der Waals surface area contributed by atoms with Gasteiger partial charge < -0.3 is 14.4 Å². The Kier molecular flexibility index (Phi) is 6.88. The van der Waals surface area contributed by atoms with Crippen LogP contribution in [0.2, 0.25) is 0 Å². The summed E-state index contributed by atoms with van der Waals surface area (Å²) in [6.45, 7) is 3.93. The third-order valence-electron chi connectivity index (χ3n) is 4.65. The van der Waals surface area contributed by atoms with Crippen LogP contribution in [-0.4, -0.2) is 73.1 Å². The van der Waals surface area contributed by atoms with Gasteiger partial charge in [-0.1, -0.05) is 0 Å². The van der Waals surface area contributed by atoms with Crippen LogP contribution in [0.1, 0.15) is 38.5 Å². The SMILES string of the molecule is CC(C)N=C1NN(C)c2ncnc3c2c1cn3C1CCC(CO[P+](O)(O)O)O1.CO. The number of hydrogen-bond donors (Lipinski definition) is 5. The lowest BCUT2D eigenvalue weighted by atomic mass is 10.2. The van der Waals surface area contributed by atoms with Gasteiger partial charge in [-0.25, -0.2) is 9.97 Å². The lowest BCUT2D eigenvalue weighted by Crippen LogP contribution is -2.43. The number of rotatable bonds is 5. The first-order chi connectivity index (χ1) is 14.2. The fourth-order valence-electron chi connectivity index (χ4n) is 3.55. The lowest BCUT2D eigenvalue weighted by Gasteiger charge is -2.26. The van der Waals surface area contributed by atoms with Crippen molar-refractivity contribution in [2.24, 2.45) is 4.99 Å². The third-order valence-corrected chi connectivity index (χ3v) is 5.15. The summed E-state index contributed by atoms with van der Waals surface area (Å²) >= 11 is 0. The summed E-state index contributed by atoms with van der Waals surface area (Å²) in [6.07, 6.45) is 4.18. The number of amidine groups is 1. The number of aliphatic hydroxyl groups is 1. The number of aliphatic hydroxyl groups excluding tert-OH is 1. The van der Waals surface area contributed by atoms with Gasteiger partial charge in [0.1, 0.15) is 30.6 Å². The molecule has 12 nitrogen and oxygen atoms in total. The Morgan fingerprint density at radius 3 is 2.70 bits per heavy atom. The van der Waals surface area contributed by atoms with Crippen LogP contribution >= 0.6 is 8.17 Å². The van der Waals surface area contributed by atoms with E-state index in [2.05, 4.69) is 20.4 Å². The summed E-state index contributed by atoms with van der Waals surface area (Å²) in [5.74, 6) is 1.51. The summed E-state index contributed by atoms with van der Waals surface area (Å²) in [7, 11) is -1.38. The lowest BCUT2D eigenvalue weighted by molar-refractivity contribution is -0.0232. The molecule has 2 unspecified atom stereocenters. The molecule has 4 heterocycles. The molecule has 0 amide bonds. The van der Waals surface area contributed by atoms with Crippen LogP contribution in [0.25, 0.3) is 11.0 Å². The number of hydrazine groups is 1. The van der Waals surface area contributed by atoms with E-state index < -0.39 is 8.17 Å². The molecule has 166 valence electrons. The van der Waals surface area contributed by atoms with E-state index in [0.717, 1.165) is 35.4 Å². The maximum absolute atomic E-state index is 9.00. The number of anilines is 1. The molecule has 0 aliphatic carbocycles. The Labute approximate surface area is 174 Å². The van der Waals surface area contributed by atoms with Gasteiger partial charge in [0.25, 0.3) is 0 Å². The molecular weight excluding hydrogens is 415 g/mol. The van der Waals surface area contributed by atoms with Crippen LogP contribution in [0.4, 0.5) is 5.82 Å². The monoisotopic (exact) mass is 443 g/mol. The first-order valence-electron chi connectivity index (χ1n) is 9.49. The van der Waals surface area contributed by atoms with Gasteiger partial charge in [0.2, 0.25) is 0 Å². The average Bonchev–Trinajstić information content (AvgIpc) is 3.30. The van der Waals surface area contributed by atoms with Crippen molar-refractivity contribution in [3.63, 3.8) is 0 Å². The Bertz CT molecular complexity index is 914. The number of nitrogens with one attached hydrogen (secondary N) is 1. The first kappa shape index (κ1) is 22.8. The highest BCUT2D eigenvalue weighted by molar-refractivity contribution is 7.53. The molecule has 1 fully saturated rings. The quantitative estimate of drug-likeness (QED) is 0.412. The molecular formula is C17H28N6O6P+. The first-order valence-corrected chi connectivity index (χ1v) is 11.1. The molecule has 0 spiro atoms. The Balaban J connectivity index is 0.00000124. The van der Waals surface area contributed by atoms with Crippen LogP contribution < -0.4 is 10.4 Å². The summed E-state index contributed by atoms with van der Waals surface area (Å²) < 4.78 is 12.6. The second kappa shape index (κ2) is 9.06. The molecule has 2 aromatic heterocycles. The Hall–Kier alpha value is -1.92. The predicted molar refractivity (Wildman–Crippen MR) is 112 cm³/mol. The summed E-state index contributed by atoms with van der Waals surface area (Å²) in [4.78, 5) is 40.5. The number of aliphatic imine (C=N–C) groups is 1. The van der Waals surface area contributed by atoms with E-state index >= 15 is 0 Å². The van der Waals surface area contributed by atoms with Gasteiger partial charge in [-0.15, -0.1) is 0 Å². The van der Waals surface area contributed by atoms with Gasteiger partial charge in [0.15, 0.2) is 5.82 Å². The predicted octanol–water partition coefficient (Wildman–Crippen LogP) is 0.498. The van der Waals surface area contributed by atoms with Crippen molar-refractivity contribution in [2.45, 2.75) is 45.1 Å². The molecule has 2 aliphatic heterocycles. The van der Waals surface area contributed by atoms with E-state index in [1.807, 2.05) is 36.7 Å². The smallest absolute Gasteiger partial charge is 0.400 e. The van der Waals surface area contributed by atoms with E-state index in [1.54, 1.807) is 0 Å². The zero-order valence-corrected chi connectivity index (χ0v) is 18.2. The number of aromatic nitrogens is 3. The molecule has 1 saturated heterocycles. The van der Waals surface area contributed by atoms with E-state index in [-0.39, 0.29) is 25.0 Å². The minimum Gasteiger partial charge on any atom is -0.400 e. The van der Waals surface area contributed by atoms with Crippen LogP contribution in [0, 0.1) is 0 Å². The van der Waals surface area contributed by atoms with Gasteiger partial charge in [0.05, 0.1) is 11.5 Å². The maximum atomic E-state index is 9.00. The molecule has 2 aromatic rings. The summed E-state index contributed by atoms with van der Waals surface area (Å²) in [5.41, 5.74) is 4.90. The van der Waals surface area contributed by atoms with Gasteiger partial charge >= 0.3 is 8.17 Å². The Morgan fingerprint density at radius 2 is 2.03 bits per heavy atom. The highest BCUT2D eigenvalue weighted by Gasteiger charge is 2.38. The van der Waals surface area contributed by atoms with Crippen LogP contribution in [0.3, 0.4) is 0 Å². The largest absolute Gasteiger partial charge is 0.567 e. The van der Waals surface area contributed by atoms with Crippen molar-refractivity contribution in [3.05, 3.63) is 18.1 Å². The van der Waals surface area contributed by atoms with Crippen molar-refractivity contribution in [3.8, 4) is 0 Å². The fourth-order valence-corrected chi connectivity index (χ4v) is 3.91. The highest BCUT2D eigenvalue weighted by atomic mass is 31.2. The molecule has 30 heavy (non-hydrogen) atoms. The Morgan fingerprint density at radius 1 is 1.30 bits per heavy atom. The topological polar surface area (TPSA) is 158 Å². The minimum absolute atomic E-state index is 0.0928. The van der Waals surface area contributed by atoms with E-state index in [9.17, 15) is 0 Å². The second-order valence-corrected chi connectivity index (χ2v) is 8.47. The molecule has 0 aromatic carbocycles. The van der Waals surface area contributed by atoms with E-state index in [0.29, 0.717) is 12.8 Å². The normalized spacial score (nSPS) is 22.4. The zero-order valence-electron chi connectivity index (χ0n) is 17.3. The molecule has 4 rings (SSSR count). The number of nitrogens with zero attached hydrogens (tertiary/aromatic N) is 5. The summed E-state index contributed by atoms with van der Waals surface area (Å²) in [5, 5.41) is 9.72. The van der Waals surface area contributed by atoms with E-state index in [4.69, 9.17) is 29.0 Å². The molecule has 0 bridgehead atoms. The van der Waals surface area contributed by atoms with Crippen molar-refractivity contribution in [1.29, 1.82) is 0 Å². The van der Waals surface area contributed by atoms with Crippen LogP contribution in [0.15, 0.2) is 17.5 Å². The summed E-state index contributed by atoms with van der Waals surface area (Å²) in [6, 6.07) is 0.115.